The Morgan fingerprint density at radius 3 is 2.53 bits per heavy atom. The number of halogens is 5. The Balaban J connectivity index is 1.25. The predicted molar refractivity (Wildman–Crippen MR) is 144 cm³/mol. The van der Waals surface area contributed by atoms with Crippen molar-refractivity contribution in [2.75, 3.05) is 20.3 Å². The maximum atomic E-state index is 14.6. The normalized spacial score (nSPS) is 17.6. The number of ether oxygens (including phenoxy) is 2. The first-order valence-corrected chi connectivity index (χ1v) is 13.5. The van der Waals surface area contributed by atoms with Crippen molar-refractivity contribution in [1.82, 2.24) is 20.0 Å². The maximum absolute atomic E-state index is 14.6. The Bertz CT molecular complexity index is 1630. The molecular formula is C28H27F5N6O4. The molecule has 0 bridgehead atoms. The van der Waals surface area contributed by atoms with Gasteiger partial charge in [-0.25, -0.2) is 19.2 Å². The highest BCUT2D eigenvalue weighted by Gasteiger charge is 2.36. The Morgan fingerprint density at radius 2 is 1.84 bits per heavy atom. The van der Waals surface area contributed by atoms with Crippen molar-refractivity contribution in [3.05, 3.63) is 58.8 Å². The second-order valence-corrected chi connectivity index (χ2v) is 10.1. The highest BCUT2D eigenvalue weighted by atomic mass is 19.4. The van der Waals surface area contributed by atoms with Gasteiger partial charge in [0.25, 0.3) is 0 Å². The number of rotatable bonds is 9. The standard InChI is InChI=1S/C28H27F5N6O4/c1-15-11-25(41)38(37-27(15)16-5-8-26(42-2)39-21(16)14-23(36-39)28(31,32)33)9-3-4-10-43-22-13-18(29)17(12-19(22)30)20-6-7-24(40)35-34-20/h5,8,12-15H,3-4,6-7,9-11H2,1-2H3,(H,35,40). The van der Waals surface area contributed by atoms with Crippen LogP contribution in [0.4, 0.5) is 22.0 Å². The molecule has 2 aliphatic heterocycles. The van der Waals surface area contributed by atoms with E-state index in [1.54, 1.807) is 13.0 Å². The van der Waals surface area contributed by atoms with Crippen LogP contribution in [0.3, 0.4) is 0 Å². The molecular weight excluding hydrogens is 579 g/mol. The van der Waals surface area contributed by atoms with Gasteiger partial charge in [0, 0.05) is 55.0 Å². The summed E-state index contributed by atoms with van der Waals surface area (Å²) in [5.41, 5.74) is 2.28. The fourth-order valence-electron chi connectivity index (χ4n) is 4.88. The maximum Gasteiger partial charge on any atom is 0.435 e. The van der Waals surface area contributed by atoms with Crippen LogP contribution in [0.25, 0.3) is 5.52 Å². The molecule has 2 aromatic heterocycles. The van der Waals surface area contributed by atoms with Crippen molar-refractivity contribution in [1.29, 1.82) is 0 Å². The van der Waals surface area contributed by atoms with E-state index in [0.29, 0.717) is 24.1 Å². The van der Waals surface area contributed by atoms with Crippen LogP contribution < -0.4 is 14.9 Å². The van der Waals surface area contributed by atoms with Crippen LogP contribution >= 0.6 is 0 Å². The second-order valence-electron chi connectivity index (χ2n) is 10.1. The van der Waals surface area contributed by atoms with Gasteiger partial charge in [-0.05, 0) is 31.0 Å². The third-order valence-corrected chi connectivity index (χ3v) is 7.08. The van der Waals surface area contributed by atoms with Crippen LogP contribution in [-0.4, -0.2) is 58.1 Å². The summed E-state index contributed by atoms with van der Waals surface area (Å²) < 4.78 is 81.1. The average molecular weight is 607 g/mol. The zero-order valence-corrected chi connectivity index (χ0v) is 23.2. The lowest BCUT2D eigenvalue weighted by molar-refractivity contribution is -0.141. The lowest BCUT2D eigenvalue weighted by Gasteiger charge is -2.28. The highest BCUT2D eigenvalue weighted by molar-refractivity contribution is 6.10. The molecule has 0 fully saturated rings. The number of carbonyl (C=O) groups is 2. The van der Waals surface area contributed by atoms with E-state index in [1.165, 1.54) is 18.2 Å². The summed E-state index contributed by atoms with van der Waals surface area (Å²) in [4.78, 5) is 24.0. The number of carbonyl (C=O) groups excluding carboxylic acids is 2. The van der Waals surface area contributed by atoms with Crippen LogP contribution in [0, 0.1) is 17.6 Å². The fraction of sp³-hybridized carbons (Fsp3) is 0.393. The first kappa shape index (κ1) is 29.9. The first-order valence-electron chi connectivity index (χ1n) is 13.5. The molecule has 1 aromatic carbocycles. The lowest BCUT2D eigenvalue weighted by atomic mass is 9.93. The number of nitrogens with zero attached hydrogens (tertiary/aromatic N) is 5. The van der Waals surface area contributed by atoms with E-state index < -0.39 is 23.5 Å². The molecule has 1 N–H and O–H groups in total. The number of aromatic nitrogens is 2. The summed E-state index contributed by atoms with van der Waals surface area (Å²) in [7, 11) is 1.32. The van der Waals surface area contributed by atoms with Crippen LogP contribution in [0.1, 0.15) is 55.8 Å². The fourth-order valence-corrected chi connectivity index (χ4v) is 4.88. The predicted octanol–water partition coefficient (Wildman–Crippen LogP) is 4.69. The van der Waals surface area contributed by atoms with Crippen LogP contribution in [0.15, 0.2) is 40.5 Å². The number of pyridine rings is 1. The zero-order valence-electron chi connectivity index (χ0n) is 23.2. The monoisotopic (exact) mass is 606 g/mol. The summed E-state index contributed by atoms with van der Waals surface area (Å²) in [5.74, 6) is -2.63. The molecule has 0 aliphatic carbocycles. The second kappa shape index (κ2) is 12.0. The number of methoxy groups -OCH3 is 1. The van der Waals surface area contributed by atoms with Crippen molar-refractivity contribution in [2.24, 2.45) is 16.1 Å². The molecule has 0 spiro atoms. The minimum absolute atomic E-state index is 0.0247. The number of benzene rings is 1. The van der Waals surface area contributed by atoms with Gasteiger partial charge in [0.1, 0.15) is 5.82 Å². The molecule has 2 amide bonds. The summed E-state index contributed by atoms with van der Waals surface area (Å²) in [6, 6.07) is 5.88. The highest BCUT2D eigenvalue weighted by Crippen LogP contribution is 2.33. The molecule has 228 valence electrons. The van der Waals surface area contributed by atoms with E-state index in [1.807, 2.05) is 0 Å². The van der Waals surface area contributed by atoms with Crippen molar-refractivity contribution < 1.29 is 41.0 Å². The molecule has 5 rings (SSSR count). The number of fused-ring (bicyclic) bond motifs is 1. The van der Waals surface area contributed by atoms with Gasteiger partial charge in [-0.2, -0.15) is 33.0 Å². The van der Waals surface area contributed by atoms with Gasteiger partial charge in [-0.3, -0.25) is 9.59 Å². The molecule has 2 aliphatic rings. The third kappa shape index (κ3) is 6.29. The van der Waals surface area contributed by atoms with Gasteiger partial charge < -0.3 is 9.47 Å². The number of alkyl halides is 3. The Morgan fingerprint density at radius 1 is 1.05 bits per heavy atom. The van der Waals surface area contributed by atoms with Crippen molar-refractivity contribution >= 4 is 28.8 Å². The summed E-state index contributed by atoms with van der Waals surface area (Å²) in [6.45, 7) is 1.97. The molecule has 0 saturated heterocycles. The molecule has 0 radical (unpaired) electrons. The average Bonchev–Trinajstić information content (AvgIpc) is 3.42. The number of nitrogens with one attached hydrogen (secondary N) is 1. The molecule has 15 heteroatoms. The molecule has 0 saturated carbocycles. The summed E-state index contributed by atoms with van der Waals surface area (Å²) in [5, 5.41) is 13.2. The first-order chi connectivity index (χ1) is 20.5. The van der Waals surface area contributed by atoms with Gasteiger partial charge in [0.2, 0.25) is 17.7 Å². The topological polar surface area (TPSA) is 110 Å². The molecule has 1 unspecified atom stereocenters. The minimum Gasteiger partial charge on any atom is -0.490 e. The van der Waals surface area contributed by atoms with Crippen molar-refractivity contribution in [2.45, 2.75) is 45.2 Å². The number of unbranched alkanes of at least 4 members (excludes halogenated alkanes) is 1. The minimum atomic E-state index is -4.67. The van der Waals surface area contributed by atoms with Gasteiger partial charge in [0.05, 0.1) is 30.7 Å². The number of hydrazone groups is 2. The van der Waals surface area contributed by atoms with E-state index in [4.69, 9.17) is 9.47 Å². The van der Waals surface area contributed by atoms with Gasteiger partial charge in [0.15, 0.2) is 17.3 Å². The smallest absolute Gasteiger partial charge is 0.435 e. The zero-order chi connectivity index (χ0) is 30.9. The van der Waals surface area contributed by atoms with E-state index in [-0.39, 0.29) is 78.6 Å². The third-order valence-electron chi connectivity index (χ3n) is 7.08. The quantitative estimate of drug-likeness (QED) is 0.281. The van der Waals surface area contributed by atoms with Crippen LogP contribution in [0.2, 0.25) is 0 Å². The number of amides is 2. The Kier molecular flexibility index (Phi) is 8.33. The van der Waals surface area contributed by atoms with E-state index >= 15 is 0 Å². The Hall–Kier alpha value is -4.56. The van der Waals surface area contributed by atoms with E-state index in [0.717, 1.165) is 22.7 Å². The molecule has 4 heterocycles. The van der Waals surface area contributed by atoms with Gasteiger partial charge in [-0.15, -0.1) is 0 Å². The van der Waals surface area contributed by atoms with Crippen LogP contribution in [0.5, 0.6) is 11.6 Å². The number of hydrogen-bond acceptors (Lipinski definition) is 7. The summed E-state index contributed by atoms with van der Waals surface area (Å²) in [6.07, 6.45) is -3.50. The molecule has 1 atom stereocenters. The molecule has 3 aromatic rings. The van der Waals surface area contributed by atoms with E-state index in [2.05, 4.69) is 20.7 Å². The number of hydrogen-bond donors (Lipinski definition) is 1. The van der Waals surface area contributed by atoms with Gasteiger partial charge in [-0.1, -0.05) is 6.92 Å². The van der Waals surface area contributed by atoms with Crippen molar-refractivity contribution in [3.8, 4) is 11.6 Å². The SMILES string of the molecule is COc1ccc(C2=NN(CCCCOc3cc(F)c(C4=NNC(=O)CC4)cc3F)C(=O)CC2C)c2cc(C(F)(F)F)nn12. The lowest BCUT2D eigenvalue weighted by Crippen LogP contribution is -2.37. The molecule has 43 heavy (non-hydrogen) atoms. The van der Waals surface area contributed by atoms with Crippen LogP contribution in [-0.2, 0) is 15.8 Å². The van der Waals surface area contributed by atoms with Gasteiger partial charge >= 0.3 is 6.18 Å². The molecule has 10 nitrogen and oxygen atoms in total. The van der Waals surface area contributed by atoms with E-state index in [9.17, 15) is 31.5 Å². The van der Waals surface area contributed by atoms with Crippen molar-refractivity contribution in [3.63, 3.8) is 0 Å². The summed E-state index contributed by atoms with van der Waals surface area (Å²) >= 11 is 0. The largest absolute Gasteiger partial charge is 0.490 e. The Labute approximate surface area is 242 Å².